The molecule has 1 saturated heterocycles. The lowest BCUT2D eigenvalue weighted by molar-refractivity contribution is -0.127. The Morgan fingerprint density at radius 3 is 2.54 bits per heavy atom. The molecule has 8 heteroatoms. The zero-order valence-electron chi connectivity index (χ0n) is 20.6. The first-order valence-electron chi connectivity index (χ1n) is 12.3. The third-order valence-corrected chi connectivity index (χ3v) is 7.46. The van der Waals surface area contributed by atoms with E-state index in [1.807, 2.05) is 42.6 Å². The van der Waals surface area contributed by atoms with Crippen molar-refractivity contribution in [2.75, 3.05) is 11.9 Å². The molecular formula is C31H22FN3O3S. The van der Waals surface area contributed by atoms with Crippen molar-refractivity contribution >= 4 is 62.3 Å². The van der Waals surface area contributed by atoms with Gasteiger partial charge >= 0.3 is 0 Å². The van der Waals surface area contributed by atoms with Gasteiger partial charge in [0.1, 0.15) is 12.4 Å². The molecule has 0 spiro atoms. The molecule has 192 valence electrons. The standard InChI is InChI=1S/C31H22FN3O3S/c32-24-8-5-9-25(16-24)33-29(36)19-35-30(37)28(39-31(35)38)15-23-18-34(27-11-4-3-10-26(23)27)17-20-12-13-21-6-1-2-7-22(21)14-20/h1-16,18H,17,19H2,(H,33,36)/b28-15+. The second kappa shape index (κ2) is 10.2. The van der Waals surface area contributed by atoms with Crippen molar-refractivity contribution in [1.82, 2.24) is 9.47 Å². The molecule has 0 bridgehead atoms. The number of anilines is 1. The third kappa shape index (κ3) is 5.06. The highest BCUT2D eigenvalue weighted by Crippen LogP contribution is 2.34. The van der Waals surface area contributed by atoms with E-state index in [9.17, 15) is 18.8 Å². The molecule has 3 amide bonds. The van der Waals surface area contributed by atoms with Crippen molar-refractivity contribution in [1.29, 1.82) is 0 Å². The van der Waals surface area contributed by atoms with Crippen molar-refractivity contribution in [2.24, 2.45) is 0 Å². The summed E-state index contributed by atoms with van der Waals surface area (Å²) in [4.78, 5) is 39.3. The Labute approximate surface area is 227 Å². The van der Waals surface area contributed by atoms with Crippen LogP contribution in [0.15, 0.2) is 102 Å². The molecule has 4 aromatic carbocycles. The summed E-state index contributed by atoms with van der Waals surface area (Å²) in [6.45, 7) is 0.184. The Balaban J connectivity index is 1.24. The molecule has 1 N–H and O–H groups in total. The zero-order valence-corrected chi connectivity index (χ0v) is 21.5. The lowest BCUT2D eigenvalue weighted by atomic mass is 10.1. The van der Waals surface area contributed by atoms with Crippen LogP contribution in [0.3, 0.4) is 0 Å². The number of halogens is 1. The van der Waals surface area contributed by atoms with Crippen molar-refractivity contribution < 1.29 is 18.8 Å². The van der Waals surface area contributed by atoms with Gasteiger partial charge in [0.05, 0.1) is 4.91 Å². The number of aromatic nitrogens is 1. The molecule has 0 atom stereocenters. The highest BCUT2D eigenvalue weighted by atomic mass is 32.2. The van der Waals surface area contributed by atoms with E-state index in [2.05, 4.69) is 40.2 Å². The Morgan fingerprint density at radius 2 is 1.69 bits per heavy atom. The van der Waals surface area contributed by atoms with Gasteiger partial charge in [-0.05, 0) is 64.5 Å². The molecule has 0 radical (unpaired) electrons. The Kier molecular flexibility index (Phi) is 6.46. The second-order valence-electron chi connectivity index (χ2n) is 9.24. The van der Waals surface area contributed by atoms with Crippen LogP contribution in [0, 0.1) is 5.82 Å². The number of rotatable bonds is 6. The van der Waals surface area contributed by atoms with Crippen LogP contribution in [-0.2, 0) is 16.1 Å². The summed E-state index contributed by atoms with van der Waals surface area (Å²) in [5, 5.41) is 5.29. The highest BCUT2D eigenvalue weighted by Gasteiger charge is 2.36. The first-order valence-corrected chi connectivity index (χ1v) is 13.1. The molecule has 1 aromatic heterocycles. The van der Waals surface area contributed by atoms with Gasteiger partial charge in [-0.25, -0.2) is 4.39 Å². The van der Waals surface area contributed by atoms with Crippen LogP contribution in [0.4, 0.5) is 14.9 Å². The number of nitrogens with zero attached hydrogens (tertiary/aromatic N) is 2. The number of carbonyl (C=O) groups is 3. The minimum absolute atomic E-state index is 0.243. The number of para-hydroxylation sites is 1. The maximum Gasteiger partial charge on any atom is 0.294 e. The molecule has 1 fully saturated rings. The number of carbonyl (C=O) groups excluding carboxylic acids is 3. The van der Waals surface area contributed by atoms with Crippen molar-refractivity contribution in [3.8, 4) is 0 Å². The molecule has 39 heavy (non-hydrogen) atoms. The molecule has 5 aromatic rings. The average Bonchev–Trinajstić information content (AvgIpc) is 3.40. The average molecular weight is 536 g/mol. The number of amides is 3. The van der Waals surface area contributed by atoms with Gasteiger partial charge < -0.3 is 9.88 Å². The molecule has 1 aliphatic rings. The van der Waals surface area contributed by atoms with E-state index in [0.29, 0.717) is 6.54 Å². The van der Waals surface area contributed by atoms with Crippen molar-refractivity contribution in [3.63, 3.8) is 0 Å². The summed E-state index contributed by atoms with van der Waals surface area (Å²) in [6.07, 6.45) is 3.68. The number of nitrogens with one attached hydrogen (secondary N) is 1. The summed E-state index contributed by atoms with van der Waals surface area (Å²) in [7, 11) is 0. The van der Waals surface area contributed by atoms with Crippen LogP contribution in [0.2, 0.25) is 0 Å². The summed E-state index contributed by atoms with van der Waals surface area (Å²) in [6, 6.07) is 27.9. The summed E-state index contributed by atoms with van der Waals surface area (Å²) in [5.41, 5.74) is 3.21. The molecular weight excluding hydrogens is 513 g/mol. The number of fused-ring (bicyclic) bond motifs is 2. The fraction of sp³-hybridized carbons (Fsp3) is 0.0645. The zero-order chi connectivity index (χ0) is 26.9. The fourth-order valence-corrected chi connectivity index (χ4v) is 5.57. The fourth-order valence-electron chi connectivity index (χ4n) is 4.74. The molecule has 0 unspecified atom stereocenters. The number of imide groups is 1. The van der Waals surface area contributed by atoms with Crippen LogP contribution < -0.4 is 5.32 Å². The van der Waals surface area contributed by atoms with Crippen LogP contribution >= 0.6 is 11.8 Å². The van der Waals surface area contributed by atoms with Crippen molar-refractivity contribution in [3.05, 3.63) is 119 Å². The number of benzene rings is 4. The van der Waals surface area contributed by atoms with Crippen LogP contribution in [-0.4, -0.2) is 33.1 Å². The largest absolute Gasteiger partial charge is 0.342 e. The highest BCUT2D eigenvalue weighted by molar-refractivity contribution is 8.18. The molecule has 2 heterocycles. The van der Waals surface area contributed by atoms with E-state index in [1.165, 1.54) is 35.0 Å². The third-order valence-electron chi connectivity index (χ3n) is 6.56. The molecule has 6 nitrogen and oxygen atoms in total. The van der Waals surface area contributed by atoms with Gasteiger partial charge in [-0.1, -0.05) is 60.7 Å². The Morgan fingerprint density at radius 1 is 0.897 bits per heavy atom. The van der Waals surface area contributed by atoms with Crippen molar-refractivity contribution in [2.45, 2.75) is 6.54 Å². The van der Waals surface area contributed by atoms with Gasteiger partial charge in [-0.2, -0.15) is 0 Å². The van der Waals surface area contributed by atoms with E-state index in [4.69, 9.17) is 0 Å². The lowest BCUT2D eigenvalue weighted by Crippen LogP contribution is -2.36. The number of hydrogen-bond acceptors (Lipinski definition) is 4. The van der Waals surface area contributed by atoms with Gasteiger partial charge in [0, 0.05) is 34.9 Å². The van der Waals surface area contributed by atoms with E-state index in [1.54, 1.807) is 6.08 Å². The van der Waals surface area contributed by atoms with Crippen LogP contribution in [0.25, 0.3) is 27.8 Å². The molecule has 0 aliphatic carbocycles. The normalized spacial score (nSPS) is 14.6. The van der Waals surface area contributed by atoms with E-state index in [0.717, 1.165) is 38.7 Å². The van der Waals surface area contributed by atoms with Crippen LogP contribution in [0.5, 0.6) is 0 Å². The lowest BCUT2D eigenvalue weighted by Gasteiger charge is -2.12. The topological polar surface area (TPSA) is 71.4 Å². The van der Waals surface area contributed by atoms with E-state index < -0.39 is 29.4 Å². The smallest absolute Gasteiger partial charge is 0.294 e. The molecule has 6 rings (SSSR count). The molecule has 0 saturated carbocycles. The maximum atomic E-state index is 13.4. The SMILES string of the molecule is O=C(CN1C(=O)S/C(=C/c2cn(Cc3ccc4ccccc4c3)c3ccccc23)C1=O)Nc1cccc(F)c1. The summed E-state index contributed by atoms with van der Waals surface area (Å²) < 4.78 is 15.5. The maximum absolute atomic E-state index is 13.4. The van der Waals surface area contributed by atoms with Gasteiger partial charge in [-0.3, -0.25) is 19.3 Å². The number of hydrogen-bond donors (Lipinski definition) is 1. The van der Waals surface area contributed by atoms with Gasteiger partial charge in [0.15, 0.2) is 0 Å². The quantitative estimate of drug-likeness (QED) is 0.247. The second-order valence-corrected chi connectivity index (χ2v) is 10.2. The Hall–Kier alpha value is -4.69. The predicted octanol–water partition coefficient (Wildman–Crippen LogP) is 6.66. The van der Waals surface area contributed by atoms with Gasteiger partial charge in [0.25, 0.3) is 11.1 Å². The Bertz CT molecular complexity index is 1810. The molecule has 1 aliphatic heterocycles. The van der Waals surface area contributed by atoms with E-state index >= 15 is 0 Å². The number of thioether (sulfide) groups is 1. The summed E-state index contributed by atoms with van der Waals surface area (Å²) >= 11 is 0.800. The monoisotopic (exact) mass is 535 g/mol. The first-order chi connectivity index (χ1) is 18.9. The minimum Gasteiger partial charge on any atom is -0.342 e. The van der Waals surface area contributed by atoms with Crippen LogP contribution in [0.1, 0.15) is 11.1 Å². The van der Waals surface area contributed by atoms with E-state index in [-0.39, 0.29) is 10.6 Å². The summed E-state index contributed by atoms with van der Waals surface area (Å²) in [5.74, 6) is -1.62. The first kappa shape index (κ1) is 24.6. The van der Waals surface area contributed by atoms with Gasteiger partial charge in [-0.15, -0.1) is 0 Å². The van der Waals surface area contributed by atoms with Gasteiger partial charge in [0.2, 0.25) is 5.91 Å². The predicted molar refractivity (Wildman–Crippen MR) is 153 cm³/mol. The minimum atomic E-state index is -0.587.